The maximum atomic E-state index is 14.1. The lowest BCUT2D eigenvalue weighted by atomic mass is 9.74. The van der Waals surface area contributed by atoms with E-state index < -0.39 is 29.1 Å². The first-order valence-corrected chi connectivity index (χ1v) is 8.57. The van der Waals surface area contributed by atoms with Crippen LogP contribution in [0.2, 0.25) is 0 Å². The average Bonchev–Trinajstić information content (AvgIpc) is 3.56. The second-order valence-electron chi connectivity index (χ2n) is 7.37. The number of benzene rings is 2. The van der Waals surface area contributed by atoms with E-state index in [0.29, 0.717) is 5.56 Å². The van der Waals surface area contributed by atoms with Crippen molar-refractivity contribution < 1.29 is 26.3 Å². The van der Waals surface area contributed by atoms with Crippen LogP contribution in [0.3, 0.4) is 0 Å². The number of hydrogen-bond acceptors (Lipinski definition) is 4. The molecule has 4 rings (SSSR count). The van der Waals surface area contributed by atoms with E-state index in [9.17, 15) is 26.3 Å². The molecule has 29 heavy (non-hydrogen) atoms. The van der Waals surface area contributed by atoms with Crippen LogP contribution in [0.1, 0.15) is 36.1 Å². The van der Waals surface area contributed by atoms with Crippen molar-refractivity contribution in [2.75, 3.05) is 0 Å². The molecule has 0 aromatic heterocycles. The fraction of sp³-hybridized carbons (Fsp3) is 0.368. The molecule has 0 saturated heterocycles. The first kappa shape index (κ1) is 19.5. The molecule has 0 fully saturated rings. The quantitative estimate of drug-likeness (QED) is 0.524. The highest BCUT2D eigenvalue weighted by Crippen LogP contribution is 2.53. The Balaban J connectivity index is 1.72. The summed E-state index contributed by atoms with van der Waals surface area (Å²) in [4.78, 5) is 0. The van der Waals surface area contributed by atoms with E-state index in [-0.39, 0.29) is 16.7 Å². The van der Waals surface area contributed by atoms with E-state index in [2.05, 4.69) is 20.5 Å². The van der Waals surface area contributed by atoms with Crippen LogP contribution in [0.4, 0.5) is 26.3 Å². The highest BCUT2D eigenvalue weighted by molar-refractivity contribution is 5.45. The van der Waals surface area contributed by atoms with Gasteiger partial charge in [-0.05, 0) is 25.0 Å². The maximum absolute atomic E-state index is 14.1. The Bertz CT molecular complexity index is 993. The summed E-state index contributed by atoms with van der Waals surface area (Å²) in [5.74, 6) is 0. The van der Waals surface area contributed by atoms with Crippen LogP contribution in [-0.4, -0.2) is 12.4 Å². The van der Waals surface area contributed by atoms with Crippen molar-refractivity contribution in [1.29, 1.82) is 0 Å². The zero-order chi connectivity index (χ0) is 21.3. The minimum atomic E-state index is -4.74. The van der Waals surface area contributed by atoms with Crippen LogP contribution >= 0.6 is 0 Å². The number of rotatable bonds is 4. The Morgan fingerprint density at radius 3 is 1.38 bits per heavy atom. The minimum absolute atomic E-state index is 0.0444. The summed E-state index contributed by atoms with van der Waals surface area (Å²) in [6, 6.07) is 9.79. The fourth-order valence-corrected chi connectivity index (χ4v) is 3.28. The largest absolute Gasteiger partial charge is 0.442 e. The maximum Gasteiger partial charge on any atom is 0.442 e. The smallest absolute Gasteiger partial charge is 0.170 e. The van der Waals surface area contributed by atoms with Gasteiger partial charge in [0, 0.05) is 11.1 Å². The Morgan fingerprint density at radius 1 is 0.655 bits per heavy atom. The van der Waals surface area contributed by atoms with Gasteiger partial charge in [-0.15, -0.1) is 10.2 Å². The predicted molar refractivity (Wildman–Crippen MR) is 90.2 cm³/mol. The molecule has 2 aromatic carbocycles. The van der Waals surface area contributed by atoms with E-state index in [0.717, 1.165) is 31.2 Å². The van der Waals surface area contributed by atoms with Gasteiger partial charge in [0.15, 0.2) is 0 Å². The number of hydrogen-bond donors (Lipinski definition) is 0. The van der Waals surface area contributed by atoms with E-state index in [4.69, 9.17) is 0 Å². The molecule has 2 aliphatic rings. The lowest BCUT2D eigenvalue weighted by Gasteiger charge is -2.33. The van der Waals surface area contributed by atoms with Gasteiger partial charge in [-0.2, -0.15) is 36.6 Å². The van der Waals surface area contributed by atoms with E-state index in [1.165, 1.54) is 24.3 Å². The number of halogens is 6. The Labute approximate surface area is 161 Å². The van der Waals surface area contributed by atoms with Crippen molar-refractivity contribution >= 4 is 0 Å². The molecule has 0 radical (unpaired) electrons. The third-order valence-corrected chi connectivity index (χ3v) is 5.54. The third-order valence-electron chi connectivity index (χ3n) is 5.54. The van der Waals surface area contributed by atoms with Crippen molar-refractivity contribution in [2.45, 2.75) is 42.9 Å². The summed E-state index contributed by atoms with van der Waals surface area (Å²) in [6.45, 7) is 2.73. The molecule has 0 saturated carbocycles. The number of alkyl halides is 6. The summed E-state index contributed by atoms with van der Waals surface area (Å²) in [5.41, 5.74) is -5.72. The van der Waals surface area contributed by atoms with Crippen LogP contribution in [0.5, 0.6) is 0 Å². The molecule has 0 bridgehead atoms. The van der Waals surface area contributed by atoms with E-state index in [1.807, 2.05) is 0 Å². The topological polar surface area (TPSA) is 49.4 Å². The summed E-state index contributed by atoms with van der Waals surface area (Å²) in [6.07, 6.45) is -9.43. The van der Waals surface area contributed by atoms with Crippen LogP contribution in [-0.2, 0) is 16.7 Å². The molecule has 4 nitrogen and oxygen atoms in total. The van der Waals surface area contributed by atoms with Gasteiger partial charge in [-0.25, -0.2) is 0 Å². The molecule has 10 heteroatoms. The van der Waals surface area contributed by atoms with Crippen molar-refractivity contribution in [3.05, 3.63) is 70.8 Å². The molecule has 2 aromatic rings. The highest BCUT2D eigenvalue weighted by atomic mass is 19.4. The zero-order valence-corrected chi connectivity index (χ0v) is 15.2. The zero-order valence-electron chi connectivity index (χ0n) is 15.2. The predicted octanol–water partition coefficient (Wildman–Crippen LogP) is 6.37. The first-order chi connectivity index (χ1) is 13.3. The van der Waals surface area contributed by atoms with Gasteiger partial charge in [0.05, 0.1) is 0 Å². The molecule has 2 aliphatic heterocycles. The monoisotopic (exact) mass is 412 g/mol. The number of nitrogens with zero attached hydrogens (tertiary/aromatic N) is 4. The molecule has 2 heterocycles. The summed E-state index contributed by atoms with van der Waals surface area (Å²) in [5, 5.41) is 13.9. The molecule has 0 N–H and O–H groups in total. The van der Waals surface area contributed by atoms with Gasteiger partial charge in [-0.3, -0.25) is 0 Å². The first-order valence-electron chi connectivity index (χ1n) is 8.57. The highest BCUT2D eigenvalue weighted by Gasteiger charge is 2.65. The molecule has 1 atom stereocenters. The normalized spacial score (nSPS) is 21.0. The fourth-order valence-electron chi connectivity index (χ4n) is 3.28. The van der Waals surface area contributed by atoms with Crippen molar-refractivity contribution in [3.8, 4) is 0 Å². The lowest BCUT2D eigenvalue weighted by molar-refractivity contribution is -0.173. The second-order valence-corrected chi connectivity index (χ2v) is 7.37. The van der Waals surface area contributed by atoms with Crippen LogP contribution < -0.4 is 0 Å². The van der Waals surface area contributed by atoms with Crippen molar-refractivity contribution in [1.82, 2.24) is 0 Å². The molecular formula is C19H14F6N4. The summed E-state index contributed by atoms with van der Waals surface area (Å²) < 4.78 is 81.7. The molecule has 152 valence electrons. The van der Waals surface area contributed by atoms with E-state index >= 15 is 0 Å². The Hall–Kier alpha value is -2.78. The average molecular weight is 412 g/mol. The standard InChI is InChI=1S/C19H14F6N4/c1-15(18(20,21)22,11-3-7-13(8-4-11)16(2)26-27-16)12-5-9-14(10-6-12)17(28-29-17)19(23,24)25/h3-10H,1-2H3. The summed E-state index contributed by atoms with van der Waals surface area (Å²) >= 11 is 0. The third kappa shape index (κ3) is 2.84. The molecular weight excluding hydrogens is 398 g/mol. The second kappa shape index (κ2) is 5.64. The van der Waals surface area contributed by atoms with Gasteiger partial charge in [0.2, 0.25) is 5.66 Å². The molecule has 0 aliphatic carbocycles. The molecule has 0 amide bonds. The van der Waals surface area contributed by atoms with Crippen LogP contribution in [0.25, 0.3) is 0 Å². The Kier molecular flexibility index (Phi) is 3.80. The lowest BCUT2D eigenvalue weighted by Crippen LogP contribution is -2.40. The van der Waals surface area contributed by atoms with Crippen LogP contribution in [0, 0.1) is 0 Å². The minimum Gasteiger partial charge on any atom is -0.170 e. The van der Waals surface area contributed by atoms with Gasteiger partial charge in [-0.1, -0.05) is 48.5 Å². The van der Waals surface area contributed by atoms with Crippen LogP contribution in [0.15, 0.2) is 69.0 Å². The Morgan fingerprint density at radius 2 is 1.07 bits per heavy atom. The van der Waals surface area contributed by atoms with Gasteiger partial charge in [0.1, 0.15) is 5.41 Å². The van der Waals surface area contributed by atoms with E-state index in [1.54, 1.807) is 6.92 Å². The van der Waals surface area contributed by atoms with Crippen molar-refractivity contribution in [2.24, 2.45) is 20.5 Å². The van der Waals surface area contributed by atoms with Gasteiger partial charge < -0.3 is 0 Å². The van der Waals surface area contributed by atoms with Gasteiger partial charge in [0.25, 0.3) is 0 Å². The van der Waals surface area contributed by atoms with Gasteiger partial charge >= 0.3 is 18.0 Å². The summed E-state index contributed by atoms with van der Waals surface area (Å²) in [7, 11) is 0. The molecule has 1 unspecified atom stereocenters. The molecule has 0 spiro atoms. The SMILES string of the molecule is CC1(c2ccc(C(C)(c3ccc(C4(C(F)(F)F)N=N4)cc3)C(F)(F)F)cc2)N=N1. The van der Waals surface area contributed by atoms with Crippen molar-refractivity contribution in [3.63, 3.8) is 0 Å².